The van der Waals surface area contributed by atoms with Crippen molar-refractivity contribution in [2.75, 3.05) is 0 Å². The first-order valence-corrected chi connectivity index (χ1v) is 5.91. The van der Waals surface area contributed by atoms with Crippen LogP contribution in [-0.4, -0.2) is 8.30 Å². The molecule has 0 bridgehead atoms. The van der Waals surface area contributed by atoms with Crippen molar-refractivity contribution >= 4 is 13.5 Å². The minimum atomic E-state index is -9.88. The molecule has 0 radical (unpaired) electrons. The summed E-state index contributed by atoms with van der Waals surface area (Å²) in [5.41, 5.74) is 0.511. The Morgan fingerprint density at radius 2 is 1.23 bits per heavy atom. The van der Waals surface area contributed by atoms with Crippen molar-refractivity contribution < 1.29 is 20.5 Å². The molecule has 0 saturated heterocycles. The second-order valence-corrected chi connectivity index (χ2v) is 6.00. The predicted molar refractivity (Wildman–Crippen MR) is 42.1 cm³/mol. The Labute approximate surface area is 71.7 Å². The molecule has 0 aliphatic carbocycles. The first-order chi connectivity index (χ1) is 5.49. The molecule has 0 saturated carbocycles. The topological polar surface area (TPSA) is 0 Å². The molecule has 76 valence electrons. The molecule has 1 aromatic rings. The molecule has 0 heterocycles. The summed E-state index contributed by atoms with van der Waals surface area (Å²) in [4.78, 5) is 0. The molecule has 0 N–H and O–H groups in total. The molecule has 13 heavy (non-hydrogen) atoms. The van der Waals surface area contributed by atoms with Crippen molar-refractivity contribution in [2.45, 2.75) is 6.92 Å². The molecule has 0 nitrogen and oxygen atoms in total. The average molecular weight is 214 g/mol. The standard InChI is InChI=1S/C7H7F5Si/c1-6-2-4-7(5-3-6)13(8,9,10,11)12/h2-5H,1H3/q-2. The zero-order valence-electron chi connectivity index (χ0n) is 6.70. The molecule has 0 fully saturated rings. The Balaban J connectivity index is 3.34. The van der Waals surface area contributed by atoms with E-state index in [2.05, 4.69) is 0 Å². The monoisotopic (exact) mass is 214 g/mol. The number of hydrogen-bond donors (Lipinski definition) is 0. The van der Waals surface area contributed by atoms with Gasteiger partial charge in [-0.25, -0.2) is 0 Å². The number of rotatable bonds is 1. The van der Waals surface area contributed by atoms with Gasteiger partial charge < -0.3 is 0 Å². The van der Waals surface area contributed by atoms with Crippen molar-refractivity contribution in [3.8, 4) is 0 Å². The van der Waals surface area contributed by atoms with Gasteiger partial charge in [-0.2, -0.15) is 0 Å². The molecule has 6 heteroatoms. The van der Waals surface area contributed by atoms with Gasteiger partial charge >= 0.3 is 70.8 Å². The van der Waals surface area contributed by atoms with E-state index in [0.29, 0.717) is 17.7 Å². The molecule has 0 aromatic heterocycles. The Kier molecular flexibility index (Phi) is 1.52. The maximum absolute atomic E-state index is 12.1. The molecule has 0 amide bonds. The van der Waals surface area contributed by atoms with Crippen LogP contribution in [0.15, 0.2) is 24.3 Å². The Bertz CT molecular complexity index is 321. The minimum absolute atomic E-state index is 0.416. The summed E-state index contributed by atoms with van der Waals surface area (Å²) in [6.07, 6.45) is 0. The second-order valence-electron chi connectivity index (χ2n) is 3.05. The summed E-state index contributed by atoms with van der Waals surface area (Å²) < 4.78 is 60.6. The fourth-order valence-electron chi connectivity index (χ4n) is 0.869. The van der Waals surface area contributed by atoms with Gasteiger partial charge in [-0.1, -0.05) is 0 Å². The number of aryl methyl sites for hydroxylation is 1. The molecule has 0 aliphatic heterocycles. The van der Waals surface area contributed by atoms with E-state index in [1.165, 1.54) is 6.92 Å². The summed E-state index contributed by atoms with van der Waals surface area (Å²) in [6.45, 7) is 1.53. The van der Waals surface area contributed by atoms with Crippen LogP contribution in [0, 0.1) is 6.92 Å². The average Bonchev–Trinajstić information content (AvgIpc) is 1.82. The zero-order chi connectivity index (χ0) is 10.4. The van der Waals surface area contributed by atoms with Crippen LogP contribution < -0.4 is 5.19 Å². The quantitative estimate of drug-likeness (QED) is 0.383. The summed E-state index contributed by atoms with van der Waals surface area (Å²) in [6, 6.07) is 2.87. The SMILES string of the molecule is Cc1ccc([Si-2](F)(F)(F)(F)F)cc1. The summed E-state index contributed by atoms with van der Waals surface area (Å²) in [5, 5.41) is -1.81. The van der Waals surface area contributed by atoms with Gasteiger partial charge in [0, 0.05) is 0 Å². The third kappa shape index (κ3) is 2.51. The number of hydrogen-bond acceptors (Lipinski definition) is 0. The van der Waals surface area contributed by atoms with Gasteiger partial charge in [0.15, 0.2) is 0 Å². The predicted octanol–water partition coefficient (Wildman–Crippen LogP) is 2.89. The first kappa shape index (κ1) is 10.2. The van der Waals surface area contributed by atoms with Gasteiger partial charge in [0.25, 0.3) is 0 Å². The van der Waals surface area contributed by atoms with Crippen molar-refractivity contribution in [3.05, 3.63) is 29.8 Å². The van der Waals surface area contributed by atoms with E-state index >= 15 is 0 Å². The van der Waals surface area contributed by atoms with Crippen LogP contribution in [0.3, 0.4) is 0 Å². The third-order valence-corrected chi connectivity index (χ3v) is 3.02. The van der Waals surface area contributed by atoms with Crippen molar-refractivity contribution in [1.29, 1.82) is 0 Å². The van der Waals surface area contributed by atoms with E-state index in [-0.39, 0.29) is 0 Å². The van der Waals surface area contributed by atoms with Crippen LogP contribution in [0.1, 0.15) is 5.56 Å². The van der Waals surface area contributed by atoms with Crippen molar-refractivity contribution in [3.63, 3.8) is 0 Å². The van der Waals surface area contributed by atoms with Gasteiger partial charge in [0.1, 0.15) is 0 Å². The molecular weight excluding hydrogens is 207 g/mol. The second kappa shape index (κ2) is 1.94. The summed E-state index contributed by atoms with van der Waals surface area (Å²) in [7, 11) is -9.88. The normalized spacial score (nSPS) is 17.7. The van der Waals surface area contributed by atoms with E-state index in [1.54, 1.807) is 0 Å². The van der Waals surface area contributed by atoms with Gasteiger partial charge in [-0.3, -0.25) is 0 Å². The zero-order valence-corrected chi connectivity index (χ0v) is 7.70. The van der Waals surface area contributed by atoms with Crippen LogP contribution in [0.5, 0.6) is 0 Å². The molecule has 1 rings (SSSR count). The van der Waals surface area contributed by atoms with Crippen LogP contribution in [0.4, 0.5) is 20.5 Å². The van der Waals surface area contributed by atoms with E-state index in [1.807, 2.05) is 0 Å². The van der Waals surface area contributed by atoms with E-state index in [0.717, 1.165) is 12.1 Å². The van der Waals surface area contributed by atoms with Crippen molar-refractivity contribution in [1.82, 2.24) is 0 Å². The third-order valence-electron chi connectivity index (χ3n) is 1.60. The number of halogens is 5. The Morgan fingerprint density at radius 3 is 1.54 bits per heavy atom. The van der Waals surface area contributed by atoms with E-state index in [9.17, 15) is 20.5 Å². The van der Waals surface area contributed by atoms with Crippen LogP contribution >= 0.6 is 0 Å². The van der Waals surface area contributed by atoms with Gasteiger partial charge in [0.05, 0.1) is 0 Å². The first-order valence-electron chi connectivity index (χ1n) is 3.52. The van der Waals surface area contributed by atoms with E-state index in [4.69, 9.17) is 0 Å². The van der Waals surface area contributed by atoms with Gasteiger partial charge in [0.2, 0.25) is 0 Å². The number of benzene rings is 1. The fourth-order valence-corrected chi connectivity index (χ4v) is 1.67. The van der Waals surface area contributed by atoms with Crippen molar-refractivity contribution in [2.24, 2.45) is 0 Å². The van der Waals surface area contributed by atoms with Crippen LogP contribution in [-0.2, 0) is 0 Å². The molecule has 0 spiro atoms. The van der Waals surface area contributed by atoms with E-state index < -0.39 is 13.5 Å². The van der Waals surface area contributed by atoms with Crippen LogP contribution in [0.2, 0.25) is 0 Å². The summed E-state index contributed by atoms with van der Waals surface area (Å²) in [5.74, 6) is 0. The maximum atomic E-state index is 12.1. The molecule has 0 unspecified atom stereocenters. The van der Waals surface area contributed by atoms with Crippen LogP contribution in [0.25, 0.3) is 0 Å². The Hall–Kier alpha value is -0.913. The van der Waals surface area contributed by atoms with Gasteiger partial charge in [-0.05, 0) is 0 Å². The molecule has 1 aromatic carbocycles. The molecular formula is C7H7F5Si-2. The fraction of sp³-hybridized carbons (Fsp3) is 0.143. The Morgan fingerprint density at radius 1 is 0.846 bits per heavy atom. The molecule has 0 aliphatic rings. The van der Waals surface area contributed by atoms with Gasteiger partial charge in [-0.15, -0.1) is 0 Å². The summed E-state index contributed by atoms with van der Waals surface area (Å²) >= 11 is 0. The molecule has 0 atom stereocenters.